The molecule has 0 spiro atoms. The van der Waals surface area contributed by atoms with Gasteiger partial charge in [-0.15, -0.1) is 0 Å². The lowest BCUT2D eigenvalue weighted by atomic mass is 10.1. The van der Waals surface area contributed by atoms with Crippen molar-refractivity contribution in [1.82, 2.24) is 19.4 Å². The van der Waals surface area contributed by atoms with E-state index in [0.29, 0.717) is 43.1 Å². The normalized spacial score (nSPS) is 15.0. The smallest absolute Gasteiger partial charge is 0.261 e. The predicted molar refractivity (Wildman–Crippen MR) is 126 cm³/mol. The second-order valence-corrected chi connectivity index (χ2v) is 9.44. The van der Waals surface area contributed by atoms with Crippen molar-refractivity contribution in [3.63, 3.8) is 0 Å². The fourth-order valence-electron chi connectivity index (χ4n) is 3.61. The Morgan fingerprint density at radius 1 is 1.15 bits per heavy atom. The maximum Gasteiger partial charge on any atom is 0.261 e. The average molecular weight is 478 g/mol. The molecule has 2 aromatic carbocycles. The molecule has 1 saturated heterocycles. The number of ether oxygens (including phenoxy) is 1. The minimum atomic E-state index is -3.71. The van der Waals surface area contributed by atoms with Crippen molar-refractivity contribution in [2.45, 2.75) is 4.90 Å². The molecule has 1 amide bonds. The van der Waals surface area contributed by atoms with E-state index in [1.165, 1.54) is 17.4 Å². The summed E-state index contributed by atoms with van der Waals surface area (Å²) in [5.74, 6) is -0.524. The van der Waals surface area contributed by atoms with Crippen LogP contribution in [0.5, 0.6) is 0 Å². The van der Waals surface area contributed by atoms with E-state index in [0.717, 1.165) is 5.69 Å². The third kappa shape index (κ3) is 4.77. The van der Waals surface area contributed by atoms with Crippen LogP contribution in [0, 0.1) is 11.3 Å². The minimum Gasteiger partial charge on any atom is -0.379 e. The van der Waals surface area contributed by atoms with E-state index in [-0.39, 0.29) is 10.5 Å². The van der Waals surface area contributed by atoms with Crippen molar-refractivity contribution in [1.29, 1.82) is 5.26 Å². The Bertz CT molecular complexity index is 1370. The lowest BCUT2D eigenvalue weighted by Crippen LogP contribution is -2.40. The number of nitriles is 1. The summed E-state index contributed by atoms with van der Waals surface area (Å²) in [6.45, 7) is 1.29. The Hall–Kier alpha value is -3.78. The molecule has 1 aliphatic heterocycles. The number of rotatable bonds is 6. The van der Waals surface area contributed by atoms with E-state index in [4.69, 9.17) is 4.74 Å². The number of hydrogen-bond acceptors (Lipinski definition) is 6. The second kappa shape index (κ2) is 10.0. The average Bonchev–Trinajstić information content (AvgIpc) is 3.32. The molecule has 4 rings (SSSR count). The molecular weight excluding hydrogens is 454 g/mol. The number of carbonyl (C=O) groups excluding carboxylic acids is 1. The van der Waals surface area contributed by atoms with E-state index in [9.17, 15) is 18.5 Å². The van der Waals surface area contributed by atoms with Gasteiger partial charge in [-0.1, -0.05) is 30.3 Å². The molecule has 0 saturated carbocycles. The van der Waals surface area contributed by atoms with Gasteiger partial charge in [-0.2, -0.15) is 14.7 Å². The highest BCUT2D eigenvalue weighted by molar-refractivity contribution is 7.89. The molecule has 3 aromatic rings. The van der Waals surface area contributed by atoms with Gasteiger partial charge < -0.3 is 10.1 Å². The first-order valence-corrected chi connectivity index (χ1v) is 12.1. The molecule has 1 aliphatic rings. The van der Waals surface area contributed by atoms with Crippen molar-refractivity contribution >= 4 is 22.0 Å². The molecule has 2 heterocycles. The summed E-state index contributed by atoms with van der Waals surface area (Å²) in [5, 5.41) is 16.6. The molecule has 9 nitrogen and oxygen atoms in total. The number of amides is 1. The zero-order valence-corrected chi connectivity index (χ0v) is 19.3. The zero-order valence-electron chi connectivity index (χ0n) is 18.5. The summed E-state index contributed by atoms with van der Waals surface area (Å²) in [6, 6.07) is 17.8. The highest BCUT2D eigenvalue weighted by Crippen LogP contribution is 2.29. The van der Waals surface area contributed by atoms with Crippen LogP contribution >= 0.6 is 0 Å². The molecule has 10 heteroatoms. The summed E-state index contributed by atoms with van der Waals surface area (Å²) in [7, 11) is -2.26. The number of carbonyl (C=O) groups is 1. The fourth-order valence-corrected chi connectivity index (χ4v) is 5.06. The van der Waals surface area contributed by atoms with Crippen LogP contribution in [0.25, 0.3) is 23.0 Å². The first kappa shape index (κ1) is 23.4. The molecule has 1 N–H and O–H groups in total. The third-order valence-electron chi connectivity index (χ3n) is 5.37. The van der Waals surface area contributed by atoms with Gasteiger partial charge in [-0.05, 0) is 30.3 Å². The second-order valence-electron chi connectivity index (χ2n) is 7.51. The number of hydrogen-bond donors (Lipinski definition) is 1. The van der Waals surface area contributed by atoms with Crippen molar-refractivity contribution in [3.05, 3.63) is 71.9 Å². The molecule has 1 aromatic heterocycles. The van der Waals surface area contributed by atoms with Gasteiger partial charge in [0.05, 0.1) is 23.8 Å². The maximum absolute atomic E-state index is 13.2. The Labute approximate surface area is 197 Å². The number of aromatic nitrogens is 2. The number of nitrogens with one attached hydrogen (secondary N) is 1. The van der Waals surface area contributed by atoms with Crippen molar-refractivity contribution in [2.24, 2.45) is 0 Å². The van der Waals surface area contributed by atoms with Crippen LogP contribution in [0.3, 0.4) is 0 Å². The van der Waals surface area contributed by atoms with Crippen LogP contribution in [-0.4, -0.2) is 61.8 Å². The summed E-state index contributed by atoms with van der Waals surface area (Å²) in [6.07, 6.45) is 3.15. The van der Waals surface area contributed by atoms with Crippen molar-refractivity contribution in [3.8, 4) is 23.0 Å². The van der Waals surface area contributed by atoms with Crippen LogP contribution < -0.4 is 5.32 Å². The fraction of sp³-hybridized carbons (Fsp3) is 0.208. The molecular formula is C24H23N5O4S. The van der Waals surface area contributed by atoms with Gasteiger partial charge >= 0.3 is 0 Å². The quantitative estimate of drug-likeness (QED) is 0.430. The zero-order chi connectivity index (χ0) is 24.1. The number of benzene rings is 2. The van der Waals surface area contributed by atoms with Crippen LogP contribution in [0.15, 0.2) is 71.3 Å². The van der Waals surface area contributed by atoms with E-state index in [1.807, 2.05) is 36.4 Å². The highest BCUT2D eigenvalue weighted by Gasteiger charge is 2.27. The summed E-state index contributed by atoms with van der Waals surface area (Å²) in [5.41, 5.74) is 2.18. The highest BCUT2D eigenvalue weighted by atomic mass is 32.2. The Morgan fingerprint density at radius 3 is 2.56 bits per heavy atom. The minimum absolute atomic E-state index is 0.0894. The van der Waals surface area contributed by atoms with Gasteiger partial charge in [0.15, 0.2) is 0 Å². The van der Waals surface area contributed by atoms with E-state index < -0.39 is 15.9 Å². The Balaban J connectivity index is 1.83. The first-order valence-electron chi connectivity index (χ1n) is 10.6. The Morgan fingerprint density at radius 2 is 1.88 bits per heavy atom. The summed E-state index contributed by atoms with van der Waals surface area (Å²) in [4.78, 5) is 12.3. The summed E-state index contributed by atoms with van der Waals surface area (Å²) >= 11 is 0. The Kier molecular flexibility index (Phi) is 6.88. The largest absolute Gasteiger partial charge is 0.379 e. The molecule has 0 atom stereocenters. The predicted octanol–water partition coefficient (Wildman–Crippen LogP) is 2.21. The van der Waals surface area contributed by atoms with Gasteiger partial charge in [-0.3, -0.25) is 4.79 Å². The first-order chi connectivity index (χ1) is 16.4. The van der Waals surface area contributed by atoms with Gasteiger partial charge in [0.25, 0.3) is 5.91 Å². The van der Waals surface area contributed by atoms with E-state index >= 15 is 0 Å². The van der Waals surface area contributed by atoms with Gasteiger partial charge in [0.2, 0.25) is 10.0 Å². The standard InChI is InChI=1S/C24H23N5O4S/c1-26-24(30)19(16-25)14-20-17-29(21-7-3-2-4-8-21)27-23(20)18-6-5-9-22(15-18)34(31,32)28-10-12-33-13-11-28/h2-9,14-15,17H,10-13H2,1H3,(H,26,30). The topological polar surface area (TPSA) is 117 Å². The third-order valence-corrected chi connectivity index (χ3v) is 7.27. The molecule has 0 bridgehead atoms. The molecule has 0 unspecified atom stereocenters. The monoisotopic (exact) mass is 477 g/mol. The van der Waals surface area contributed by atoms with Crippen molar-refractivity contribution in [2.75, 3.05) is 33.4 Å². The maximum atomic E-state index is 13.2. The SMILES string of the molecule is CNC(=O)C(C#N)=Cc1cn(-c2ccccc2)nc1-c1cccc(S(=O)(=O)N2CCOCC2)c1. The molecule has 0 radical (unpaired) electrons. The molecule has 1 fully saturated rings. The van der Waals surface area contributed by atoms with Crippen LogP contribution in [0.2, 0.25) is 0 Å². The lowest BCUT2D eigenvalue weighted by molar-refractivity contribution is -0.116. The number of sulfonamides is 1. The van der Waals surface area contributed by atoms with Crippen LogP contribution in [-0.2, 0) is 19.6 Å². The molecule has 174 valence electrons. The van der Waals surface area contributed by atoms with E-state index in [1.54, 1.807) is 35.1 Å². The number of likely N-dealkylation sites (N-methyl/N-ethyl adjacent to an activating group) is 1. The van der Waals surface area contributed by atoms with Crippen molar-refractivity contribution < 1.29 is 17.9 Å². The van der Waals surface area contributed by atoms with Crippen LogP contribution in [0.4, 0.5) is 0 Å². The lowest BCUT2D eigenvalue weighted by Gasteiger charge is -2.26. The van der Waals surface area contributed by atoms with E-state index in [2.05, 4.69) is 10.4 Å². The van der Waals surface area contributed by atoms with Crippen LogP contribution in [0.1, 0.15) is 5.56 Å². The molecule has 34 heavy (non-hydrogen) atoms. The van der Waals surface area contributed by atoms with Gasteiger partial charge in [0, 0.05) is 37.5 Å². The summed E-state index contributed by atoms with van der Waals surface area (Å²) < 4.78 is 34.6. The van der Waals surface area contributed by atoms with Gasteiger partial charge in [0.1, 0.15) is 17.3 Å². The number of para-hydroxylation sites is 1. The van der Waals surface area contributed by atoms with Gasteiger partial charge in [-0.25, -0.2) is 13.1 Å². The molecule has 0 aliphatic carbocycles. The number of morpholine rings is 1. The number of nitrogens with zero attached hydrogens (tertiary/aromatic N) is 4.